The van der Waals surface area contributed by atoms with Gasteiger partial charge in [0.2, 0.25) is 0 Å². The van der Waals surface area contributed by atoms with E-state index in [9.17, 15) is 4.79 Å². The topological polar surface area (TPSA) is 58.6 Å². The van der Waals surface area contributed by atoms with Crippen molar-refractivity contribution in [2.45, 2.75) is 6.92 Å². The van der Waals surface area contributed by atoms with E-state index in [2.05, 4.69) is 22.7 Å². The Morgan fingerprint density at radius 1 is 1.77 bits per heavy atom. The molecular formula is C8H10FNO3. The first-order valence-electron chi connectivity index (χ1n) is 3.11. The summed E-state index contributed by atoms with van der Waals surface area (Å²) in [5.41, 5.74) is 2.23. The normalized spacial score (nSPS) is 11.2. The highest BCUT2D eigenvalue weighted by Crippen LogP contribution is 1.95. The number of carbonyl (C=O) groups is 1. The van der Waals surface area contributed by atoms with E-state index in [0.29, 0.717) is 0 Å². The molecule has 0 saturated heterocycles. The van der Waals surface area contributed by atoms with Crippen molar-refractivity contribution in [1.82, 2.24) is 5.48 Å². The van der Waals surface area contributed by atoms with Crippen molar-refractivity contribution >= 4 is 5.97 Å². The van der Waals surface area contributed by atoms with Crippen LogP contribution in [-0.4, -0.2) is 11.1 Å². The minimum Gasteiger partial charge on any atom is -0.476 e. The minimum atomic E-state index is -1.03. The maximum Gasteiger partial charge on any atom is 0.355 e. The van der Waals surface area contributed by atoms with Crippen LogP contribution in [-0.2, 0) is 9.63 Å². The molecule has 4 nitrogen and oxygen atoms in total. The van der Waals surface area contributed by atoms with E-state index in [1.807, 2.05) is 0 Å². The first kappa shape index (κ1) is 13.6. The second-order valence-electron chi connectivity index (χ2n) is 1.72. The summed E-state index contributed by atoms with van der Waals surface area (Å²) >= 11 is 0. The Morgan fingerprint density at radius 2 is 2.31 bits per heavy atom. The van der Waals surface area contributed by atoms with Gasteiger partial charge in [0, 0.05) is 0 Å². The number of carboxylic acid groups (broad SMARTS) is 1. The summed E-state index contributed by atoms with van der Waals surface area (Å²) in [5, 5.41) is 8.29. The van der Waals surface area contributed by atoms with Gasteiger partial charge in [-0.15, -0.1) is 12.3 Å². The van der Waals surface area contributed by atoms with Gasteiger partial charge in [0.25, 0.3) is 0 Å². The lowest BCUT2D eigenvalue weighted by Crippen LogP contribution is -2.19. The van der Waals surface area contributed by atoms with Crippen LogP contribution in [0.1, 0.15) is 6.92 Å². The highest BCUT2D eigenvalue weighted by molar-refractivity contribution is 5.86. The molecule has 0 spiro atoms. The summed E-state index contributed by atoms with van der Waals surface area (Å²) in [5.74, 6) is 1.22. The zero-order chi connectivity index (χ0) is 9.40. The van der Waals surface area contributed by atoms with Crippen LogP contribution in [0.25, 0.3) is 0 Å². The molecule has 1 aliphatic heterocycles. The van der Waals surface area contributed by atoms with Gasteiger partial charge in [-0.05, 0) is 19.1 Å². The zero-order valence-corrected chi connectivity index (χ0v) is 6.98. The van der Waals surface area contributed by atoms with Crippen molar-refractivity contribution in [2.75, 3.05) is 0 Å². The molecule has 0 radical (unpaired) electrons. The molecule has 1 rings (SSSR count). The number of aliphatic carboxylic acids is 1. The number of carboxylic acids is 1. The second-order valence-corrected chi connectivity index (χ2v) is 1.72. The van der Waals surface area contributed by atoms with Crippen LogP contribution in [0.2, 0.25) is 0 Å². The van der Waals surface area contributed by atoms with Crippen molar-refractivity contribution in [3.8, 4) is 12.3 Å². The van der Waals surface area contributed by atoms with Crippen LogP contribution in [0.4, 0.5) is 4.70 Å². The predicted molar refractivity (Wildman–Crippen MR) is 46.1 cm³/mol. The quantitative estimate of drug-likeness (QED) is 0.596. The minimum absolute atomic E-state index is 0. The molecule has 0 saturated carbocycles. The highest BCUT2D eigenvalue weighted by Gasteiger charge is 2.06. The summed E-state index contributed by atoms with van der Waals surface area (Å²) in [6.07, 6.45) is 8.86. The third kappa shape index (κ3) is 6.44. The fourth-order valence-electron chi connectivity index (χ4n) is 0.421. The van der Waals surface area contributed by atoms with Crippen LogP contribution in [0.5, 0.6) is 0 Å². The molecule has 0 aromatic carbocycles. The van der Waals surface area contributed by atoms with Crippen LogP contribution < -0.4 is 5.48 Å². The van der Waals surface area contributed by atoms with Crippen molar-refractivity contribution in [2.24, 2.45) is 0 Å². The monoisotopic (exact) mass is 187 g/mol. The first-order valence-corrected chi connectivity index (χ1v) is 3.11. The highest BCUT2D eigenvalue weighted by atomic mass is 19.0. The Balaban J connectivity index is 0. The van der Waals surface area contributed by atoms with E-state index >= 15 is 0 Å². The van der Waals surface area contributed by atoms with E-state index in [1.165, 1.54) is 18.4 Å². The average Bonchev–Trinajstić information content (AvgIpc) is 2.07. The van der Waals surface area contributed by atoms with Crippen molar-refractivity contribution in [3.63, 3.8) is 0 Å². The van der Waals surface area contributed by atoms with Gasteiger partial charge in [0.05, 0.1) is 0 Å². The Labute approximate surface area is 75.2 Å². The molecule has 5 heteroatoms. The number of rotatable bonds is 1. The molecule has 0 atom stereocenters. The van der Waals surface area contributed by atoms with Crippen LogP contribution >= 0.6 is 0 Å². The standard InChI is InChI=1S/C5H5NO3.C3H4.FH/c7-5(8)4-2-1-3-9-6-4;1-3-2;/h1-3,6H,(H,7,8);1H,2H3;1H. The summed E-state index contributed by atoms with van der Waals surface area (Å²) in [4.78, 5) is 14.6. The number of hydrogen-bond acceptors (Lipinski definition) is 3. The number of terminal acetylenes is 1. The third-order valence-electron chi connectivity index (χ3n) is 0.809. The van der Waals surface area contributed by atoms with Crippen molar-refractivity contribution in [3.05, 3.63) is 24.1 Å². The lowest BCUT2D eigenvalue weighted by atomic mass is 10.4. The molecule has 0 unspecified atom stereocenters. The molecule has 72 valence electrons. The van der Waals surface area contributed by atoms with Gasteiger partial charge in [0.1, 0.15) is 6.26 Å². The van der Waals surface area contributed by atoms with Crippen LogP contribution in [0.15, 0.2) is 24.1 Å². The molecular weight excluding hydrogens is 177 g/mol. The molecule has 0 aliphatic carbocycles. The van der Waals surface area contributed by atoms with Gasteiger partial charge in [-0.25, -0.2) is 10.3 Å². The molecule has 13 heavy (non-hydrogen) atoms. The summed E-state index contributed by atoms with van der Waals surface area (Å²) < 4.78 is 0. The molecule has 0 aromatic heterocycles. The number of hydroxylamine groups is 1. The summed E-state index contributed by atoms with van der Waals surface area (Å²) in [6.45, 7) is 1.65. The van der Waals surface area contributed by atoms with Gasteiger partial charge < -0.3 is 9.94 Å². The fourth-order valence-corrected chi connectivity index (χ4v) is 0.421. The fraction of sp³-hybridized carbons (Fsp3) is 0.125. The Kier molecular flexibility index (Phi) is 8.53. The molecule has 1 heterocycles. The first-order chi connectivity index (χ1) is 5.72. The van der Waals surface area contributed by atoms with Gasteiger partial charge in [-0.3, -0.25) is 4.70 Å². The molecule has 0 amide bonds. The van der Waals surface area contributed by atoms with Gasteiger partial charge in [-0.1, -0.05) is 0 Å². The SMILES string of the molecule is C#CC.F.O=C(O)C1=CC=CON1. The Hall–Kier alpha value is -1.96. The number of nitrogens with one attached hydrogen (secondary N) is 1. The largest absolute Gasteiger partial charge is 0.476 e. The maximum absolute atomic E-state index is 10.1. The Morgan fingerprint density at radius 3 is 2.54 bits per heavy atom. The van der Waals surface area contributed by atoms with Crippen molar-refractivity contribution in [1.29, 1.82) is 0 Å². The summed E-state index contributed by atoms with van der Waals surface area (Å²) in [6, 6.07) is 0. The van der Waals surface area contributed by atoms with Gasteiger partial charge >= 0.3 is 5.97 Å². The average molecular weight is 187 g/mol. The van der Waals surface area contributed by atoms with E-state index < -0.39 is 5.97 Å². The van der Waals surface area contributed by atoms with Gasteiger partial charge in [-0.2, -0.15) is 0 Å². The maximum atomic E-state index is 10.1. The lowest BCUT2D eigenvalue weighted by Gasteiger charge is -2.06. The molecule has 0 fully saturated rings. The zero-order valence-electron chi connectivity index (χ0n) is 6.98. The number of hydrogen-bond donors (Lipinski definition) is 2. The van der Waals surface area contributed by atoms with Crippen LogP contribution in [0, 0.1) is 12.3 Å². The van der Waals surface area contributed by atoms with E-state index in [0.717, 1.165) is 0 Å². The van der Waals surface area contributed by atoms with Crippen molar-refractivity contribution < 1.29 is 19.4 Å². The lowest BCUT2D eigenvalue weighted by molar-refractivity contribution is -0.134. The third-order valence-corrected chi connectivity index (χ3v) is 0.809. The van der Waals surface area contributed by atoms with Gasteiger partial charge in [0.15, 0.2) is 5.70 Å². The van der Waals surface area contributed by atoms with E-state index in [4.69, 9.17) is 5.11 Å². The Bertz CT molecular complexity index is 253. The van der Waals surface area contributed by atoms with E-state index in [-0.39, 0.29) is 10.4 Å². The smallest absolute Gasteiger partial charge is 0.355 e. The number of allylic oxidation sites excluding steroid dienone is 2. The molecule has 2 N–H and O–H groups in total. The molecule has 0 aromatic rings. The predicted octanol–water partition coefficient (Wildman–Crippen LogP) is 0.795. The molecule has 0 bridgehead atoms. The second kappa shape index (κ2) is 8.14. The molecule has 1 aliphatic rings. The van der Waals surface area contributed by atoms with Crippen LogP contribution in [0.3, 0.4) is 0 Å². The van der Waals surface area contributed by atoms with E-state index in [1.54, 1.807) is 6.92 Å². The number of halogens is 1. The summed E-state index contributed by atoms with van der Waals surface area (Å²) in [7, 11) is 0.